The van der Waals surface area contributed by atoms with Crippen molar-refractivity contribution in [3.05, 3.63) is 23.2 Å². The molecule has 2 nitrogen and oxygen atoms in total. The summed E-state index contributed by atoms with van der Waals surface area (Å²) in [6, 6.07) is 6.13. The van der Waals surface area contributed by atoms with E-state index in [-0.39, 0.29) is 0 Å². The fraction of sp³-hybridized carbons (Fsp3) is 0.600. The first-order valence-corrected chi connectivity index (χ1v) is 7.09. The summed E-state index contributed by atoms with van der Waals surface area (Å²) in [6.07, 6.45) is 2.37. The molecule has 0 fully saturated rings. The maximum atomic E-state index is 6.03. The smallest absolute Gasteiger partial charge is 0.142 e. The number of halogens is 1. The summed E-state index contributed by atoms with van der Waals surface area (Å²) >= 11 is 6.03. The van der Waals surface area contributed by atoms with Crippen LogP contribution in [0.1, 0.15) is 40.5 Å². The van der Waals surface area contributed by atoms with Crippen molar-refractivity contribution in [1.29, 1.82) is 0 Å². The maximum absolute atomic E-state index is 6.03. The minimum atomic E-state index is 0.421. The van der Waals surface area contributed by atoms with E-state index in [2.05, 4.69) is 26.1 Å². The molecule has 18 heavy (non-hydrogen) atoms. The van der Waals surface area contributed by atoms with E-state index in [9.17, 15) is 0 Å². The lowest BCUT2D eigenvalue weighted by Gasteiger charge is -2.19. The Balaban J connectivity index is 2.66. The highest BCUT2D eigenvalue weighted by Gasteiger charge is 2.08. The van der Waals surface area contributed by atoms with E-state index in [1.54, 1.807) is 0 Å². The lowest BCUT2D eigenvalue weighted by molar-refractivity contribution is 0.341. The molecular formula is C15H24ClNO. The minimum Gasteiger partial charge on any atom is -0.492 e. The van der Waals surface area contributed by atoms with Crippen molar-refractivity contribution in [2.75, 3.05) is 11.9 Å². The van der Waals surface area contributed by atoms with Crippen LogP contribution < -0.4 is 10.1 Å². The summed E-state index contributed by atoms with van der Waals surface area (Å²) in [5, 5.41) is 4.22. The first-order chi connectivity index (χ1) is 8.52. The van der Waals surface area contributed by atoms with Gasteiger partial charge in [0.05, 0.1) is 12.3 Å². The molecule has 0 aliphatic heterocycles. The fourth-order valence-electron chi connectivity index (χ4n) is 1.82. The molecule has 1 aromatic carbocycles. The van der Waals surface area contributed by atoms with Crippen LogP contribution in [0, 0.1) is 5.92 Å². The summed E-state index contributed by atoms with van der Waals surface area (Å²) < 4.78 is 5.60. The van der Waals surface area contributed by atoms with E-state index >= 15 is 0 Å². The van der Waals surface area contributed by atoms with Crippen molar-refractivity contribution < 1.29 is 4.74 Å². The Kier molecular flexibility index (Phi) is 6.34. The molecule has 0 spiro atoms. The van der Waals surface area contributed by atoms with Crippen molar-refractivity contribution in [1.82, 2.24) is 0 Å². The van der Waals surface area contributed by atoms with Gasteiger partial charge in [-0.3, -0.25) is 0 Å². The van der Waals surface area contributed by atoms with E-state index in [0.29, 0.717) is 12.6 Å². The van der Waals surface area contributed by atoms with Gasteiger partial charge in [0.2, 0.25) is 0 Å². The Morgan fingerprint density at radius 2 is 1.94 bits per heavy atom. The van der Waals surface area contributed by atoms with E-state index < -0.39 is 0 Å². The number of benzene rings is 1. The molecule has 0 radical (unpaired) electrons. The Morgan fingerprint density at radius 1 is 1.22 bits per heavy atom. The molecule has 3 heteroatoms. The first kappa shape index (κ1) is 15.2. The van der Waals surface area contributed by atoms with E-state index in [0.717, 1.165) is 28.8 Å². The van der Waals surface area contributed by atoms with Crippen LogP contribution >= 0.6 is 11.6 Å². The molecule has 102 valence electrons. The minimum absolute atomic E-state index is 0.421. The van der Waals surface area contributed by atoms with Crippen LogP contribution in [0.25, 0.3) is 0 Å². The van der Waals surface area contributed by atoms with Gasteiger partial charge in [0.15, 0.2) is 0 Å². The number of hydrogen-bond donors (Lipinski definition) is 1. The van der Waals surface area contributed by atoms with Crippen molar-refractivity contribution in [3.63, 3.8) is 0 Å². The zero-order chi connectivity index (χ0) is 13.5. The molecule has 0 aromatic heterocycles. The average Bonchev–Trinajstić information content (AvgIpc) is 2.30. The predicted molar refractivity (Wildman–Crippen MR) is 79.8 cm³/mol. The average molecular weight is 270 g/mol. The van der Waals surface area contributed by atoms with Gasteiger partial charge in [0.25, 0.3) is 0 Å². The molecule has 0 aliphatic carbocycles. The maximum Gasteiger partial charge on any atom is 0.142 e. The van der Waals surface area contributed by atoms with Crippen LogP contribution in [-0.2, 0) is 0 Å². The van der Waals surface area contributed by atoms with Crippen LogP contribution in [0.2, 0.25) is 5.02 Å². The third-order valence-corrected chi connectivity index (χ3v) is 3.06. The van der Waals surface area contributed by atoms with Crippen LogP contribution in [0.15, 0.2) is 18.2 Å². The molecule has 1 unspecified atom stereocenters. The third kappa shape index (κ3) is 5.18. The van der Waals surface area contributed by atoms with Crippen LogP contribution in [0.5, 0.6) is 5.75 Å². The SMILES string of the molecule is CCOc1ccc(Cl)cc1NC(C)CCC(C)C. The van der Waals surface area contributed by atoms with Gasteiger partial charge in [-0.25, -0.2) is 0 Å². The second kappa shape index (κ2) is 7.52. The summed E-state index contributed by atoms with van der Waals surface area (Å²) in [5.74, 6) is 1.61. The number of hydrogen-bond acceptors (Lipinski definition) is 2. The quantitative estimate of drug-likeness (QED) is 0.754. The van der Waals surface area contributed by atoms with Crippen LogP contribution in [0.4, 0.5) is 5.69 Å². The van der Waals surface area contributed by atoms with Gasteiger partial charge >= 0.3 is 0 Å². The van der Waals surface area contributed by atoms with Gasteiger partial charge in [0.1, 0.15) is 5.75 Å². The van der Waals surface area contributed by atoms with Crippen molar-refractivity contribution in [2.24, 2.45) is 5.92 Å². The molecular weight excluding hydrogens is 246 g/mol. The Bertz CT molecular complexity index is 366. The second-order valence-corrected chi connectivity index (χ2v) is 5.53. The number of ether oxygens (including phenoxy) is 1. The number of nitrogens with one attached hydrogen (secondary N) is 1. The van der Waals surface area contributed by atoms with E-state index in [4.69, 9.17) is 16.3 Å². The molecule has 0 bridgehead atoms. The topological polar surface area (TPSA) is 21.3 Å². The van der Waals surface area contributed by atoms with Gasteiger partial charge in [-0.1, -0.05) is 25.4 Å². The largest absolute Gasteiger partial charge is 0.492 e. The Hall–Kier alpha value is -0.890. The van der Waals surface area contributed by atoms with Gasteiger partial charge < -0.3 is 10.1 Å². The Morgan fingerprint density at radius 3 is 2.56 bits per heavy atom. The second-order valence-electron chi connectivity index (χ2n) is 5.09. The Labute approximate surface area is 116 Å². The fourth-order valence-corrected chi connectivity index (χ4v) is 1.99. The number of rotatable bonds is 7. The van der Waals surface area contributed by atoms with Crippen molar-refractivity contribution >= 4 is 17.3 Å². The highest BCUT2D eigenvalue weighted by atomic mass is 35.5. The molecule has 0 aliphatic rings. The molecule has 1 N–H and O–H groups in total. The highest BCUT2D eigenvalue weighted by molar-refractivity contribution is 6.30. The lowest BCUT2D eigenvalue weighted by Crippen LogP contribution is -2.16. The zero-order valence-electron chi connectivity index (χ0n) is 11.8. The molecule has 1 aromatic rings. The van der Waals surface area contributed by atoms with Gasteiger partial charge in [0, 0.05) is 11.1 Å². The molecule has 0 heterocycles. The normalized spacial score (nSPS) is 12.6. The molecule has 1 atom stereocenters. The first-order valence-electron chi connectivity index (χ1n) is 6.71. The summed E-state index contributed by atoms with van der Waals surface area (Å²) in [4.78, 5) is 0. The van der Waals surface area contributed by atoms with Crippen LogP contribution in [0.3, 0.4) is 0 Å². The van der Waals surface area contributed by atoms with E-state index in [1.807, 2.05) is 25.1 Å². The molecule has 0 saturated carbocycles. The molecule has 0 saturated heterocycles. The summed E-state index contributed by atoms with van der Waals surface area (Å²) in [6.45, 7) is 9.34. The van der Waals surface area contributed by atoms with Crippen molar-refractivity contribution in [3.8, 4) is 5.75 Å². The summed E-state index contributed by atoms with van der Waals surface area (Å²) in [7, 11) is 0. The van der Waals surface area contributed by atoms with Crippen LogP contribution in [-0.4, -0.2) is 12.6 Å². The standard InChI is InChI=1S/C15H24ClNO/c1-5-18-15-9-8-13(16)10-14(15)17-12(4)7-6-11(2)3/h8-12,17H,5-7H2,1-4H3. The molecule has 1 rings (SSSR count). The monoisotopic (exact) mass is 269 g/mol. The number of anilines is 1. The third-order valence-electron chi connectivity index (χ3n) is 2.82. The van der Waals surface area contributed by atoms with Gasteiger partial charge in [-0.2, -0.15) is 0 Å². The highest BCUT2D eigenvalue weighted by Crippen LogP contribution is 2.29. The summed E-state index contributed by atoms with van der Waals surface area (Å²) in [5.41, 5.74) is 0.987. The van der Waals surface area contributed by atoms with E-state index in [1.165, 1.54) is 6.42 Å². The predicted octanol–water partition coefficient (Wildman–Crippen LogP) is 4.98. The lowest BCUT2D eigenvalue weighted by atomic mass is 10.0. The van der Waals surface area contributed by atoms with Gasteiger partial charge in [-0.15, -0.1) is 0 Å². The molecule has 0 amide bonds. The zero-order valence-corrected chi connectivity index (χ0v) is 12.6. The van der Waals surface area contributed by atoms with Crippen molar-refractivity contribution in [2.45, 2.75) is 46.6 Å². The van der Waals surface area contributed by atoms with Gasteiger partial charge in [-0.05, 0) is 50.8 Å².